The van der Waals surface area contributed by atoms with Crippen LogP contribution in [0.5, 0.6) is 0 Å². The number of nitrogens with zero attached hydrogens (tertiary/aromatic N) is 3. The summed E-state index contributed by atoms with van der Waals surface area (Å²) < 4.78 is 0. The molecule has 0 aromatic carbocycles. The molecule has 1 aliphatic rings. The average molecular weight is 262 g/mol. The first-order chi connectivity index (χ1) is 9.31. The van der Waals surface area contributed by atoms with Crippen molar-refractivity contribution in [3.05, 3.63) is 11.9 Å². The molecule has 1 aromatic rings. The van der Waals surface area contributed by atoms with Crippen molar-refractivity contribution < 1.29 is 0 Å². The quantitative estimate of drug-likeness (QED) is 0.854. The minimum Gasteiger partial charge on any atom is -0.370 e. The van der Waals surface area contributed by atoms with Gasteiger partial charge in [0.15, 0.2) is 0 Å². The van der Waals surface area contributed by atoms with Crippen LogP contribution in [0.25, 0.3) is 0 Å². The van der Waals surface area contributed by atoms with E-state index in [-0.39, 0.29) is 0 Å². The molecule has 0 aliphatic carbocycles. The zero-order chi connectivity index (χ0) is 13.7. The molecular weight excluding hydrogens is 236 g/mol. The van der Waals surface area contributed by atoms with Gasteiger partial charge in [-0.15, -0.1) is 0 Å². The zero-order valence-electron chi connectivity index (χ0n) is 12.4. The minimum absolute atomic E-state index is 0.653. The molecule has 1 atom stereocenters. The molecule has 1 saturated heterocycles. The Labute approximate surface area is 116 Å². The molecule has 1 fully saturated rings. The van der Waals surface area contributed by atoms with Crippen molar-refractivity contribution in [1.29, 1.82) is 0 Å². The molecule has 0 radical (unpaired) electrons. The molecule has 106 valence electrons. The summed E-state index contributed by atoms with van der Waals surface area (Å²) in [6.45, 7) is 8.65. The van der Waals surface area contributed by atoms with Crippen LogP contribution in [0, 0.1) is 0 Å². The van der Waals surface area contributed by atoms with E-state index in [0.717, 1.165) is 37.6 Å². The second-order valence-corrected chi connectivity index (χ2v) is 5.20. The minimum atomic E-state index is 0.653. The van der Waals surface area contributed by atoms with Crippen LogP contribution in [0.4, 0.5) is 11.6 Å². The Morgan fingerprint density at radius 1 is 1.32 bits per heavy atom. The summed E-state index contributed by atoms with van der Waals surface area (Å²) in [6.07, 6.45) is 7.66. The summed E-state index contributed by atoms with van der Waals surface area (Å²) >= 11 is 0. The average Bonchev–Trinajstić information content (AvgIpc) is 2.89. The van der Waals surface area contributed by atoms with E-state index in [1.165, 1.54) is 24.8 Å². The zero-order valence-corrected chi connectivity index (χ0v) is 12.4. The lowest BCUT2D eigenvalue weighted by molar-refractivity contribution is 0.637. The maximum Gasteiger partial charge on any atom is 0.137 e. The number of rotatable bonds is 6. The van der Waals surface area contributed by atoms with Gasteiger partial charge in [0.05, 0.1) is 0 Å². The summed E-state index contributed by atoms with van der Waals surface area (Å²) in [5, 5.41) is 3.38. The number of hydrogen-bond acceptors (Lipinski definition) is 4. The normalized spacial score (nSPS) is 18.9. The fraction of sp³-hybridized carbons (Fsp3) is 0.733. The Morgan fingerprint density at radius 2 is 2.16 bits per heavy atom. The van der Waals surface area contributed by atoms with E-state index in [4.69, 9.17) is 0 Å². The largest absolute Gasteiger partial charge is 0.370 e. The van der Waals surface area contributed by atoms with Crippen molar-refractivity contribution >= 4 is 11.6 Å². The molecule has 0 bridgehead atoms. The SMILES string of the molecule is CCCc1c(NCC)ncnc1N1CCCC1CC. The van der Waals surface area contributed by atoms with Crippen molar-refractivity contribution in [3.8, 4) is 0 Å². The molecule has 2 heterocycles. The summed E-state index contributed by atoms with van der Waals surface area (Å²) in [4.78, 5) is 11.5. The molecule has 4 nitrogen and oxygen atoms in total. The van der Waals surface area contributed by atoms with Gasteiger partial charge in [0.2, 0.25) is 0 Å². The van der Waals surface area contributed by atoms with Crippen LogP contribution in [0.15, 0.2) is 6.33 Å². The highest BCUT2D eigenvalue weighted by molar-refractivity contribution is 5.59. The fourth-order valence-corrected chi connectivity index (χ4v) is 2.99. The first kappa shape index (κ1) is 14.1. The molecule has 1 unspecified atom stereocenters. The highest BCUT2D eigenvalue weighted by Crippen LogP contribution is 2.31. The molecule has 0 amide bonds. The Hall–Kier alpha value is -1.32. The van der Waals surface area contributed by atoms with Gasteiger partial charge in [-0.3, -0.25) is 0 Å². The van der Waals surface area contributed by atoms with Gasteiger partial charge >= 0.3 is 0 Å². The predicted octanol–water partition coefficient (Wildman–Crippen LogP) is 3.24. The van der Waals surface area contributed by atoms with E-state index in [1.54, 1.807) is 6.33 Å². The second-order valence-electron chi connectivity index (χ2n) is 5.20. The Balaban J connectivity index is 2.34. The molecule has 2 rings (SSSR count). The number of hydrogen-bond donors (Lipinski definition) is 1. The van der Waals surface area contributed by atoms with Gasteiger partial charge in [0.1, 0.15) is 18.0 Å². The molecule has 19 heavy (non-hydrogen) atoms. The summed E-state index contributed by atoms with van der Waals surface area (Å²) in [5.41, 5.74) is 1.30. The molecular formula is C15H26N4. The highest BCUT2D eigenvalue weighted by Gasteiger charge is 2.26. The smallest absolute Gasteiger partial charge is 0.137 e. The van der Waals surface area contributed by atoms with Crippen LogP contribution >= 0.6 is 0 Å². The van der Waals surface area contributed by atoms with Crippen molar-refractivity contribution in [2.75, 3.05) is 23.3 Å². The van der Waals surface area contributed by atoms with Gasteiger partial charge in [-0.1, -0.05) is 20.3 Å². The first-order valence-corrected chi connectivity index (χ1v) is 7.66. The van der Waals surface area contributed by atoms with Crippen molar-refractivity contribution in [2.24, 2.45) is 0 Å². The van der Waals surface area contributed by atoms with E-state index >= 15 is 0 Å². The van der Waals surface area contributed by atoms with Crippen molar-refractivity contribution in [3.63, 3.8) is 0 Å². The van der Waals surface area contributed by atoms with Crippen LogP contribution in [-0.2, 0) is 6.42 Å². The molecule has 1 aliphatic heterocycles. The van der Waals surface area contributed by atoms with Crippen LogP contribution in [-0.4, -0.2) is 29.1 Å². The maximum atomic E-state index is 4.60. The Bertz CT molecular complexity index is 405. The third-order valence-corrected chi connectivity index (χ3v) is 3.89. The van der Waals surface area contributed by atoms with Gasteiger partial charge in [-0.2, -0.15) is 0 Å². The third-order valence-electron chi connectivity index (χ3n) is 3.89. The number of nitrogens with one attached hydrogen (secondary N) is 1. The highest BCUT2D eigenvalue weighted by atomic mass is 15.2. The monoisotopic (exact) mass is 262 g/mol. The Kier molecular flexibility index (Phi) is 5.00. The van der Waals surface area contributed by atoms with Gasteiger partial charge in [0, 0.05) is 24.7 Å². The van der Waals surface area contributed by atoms with E-state index in [0.29, 0.717) is 6.04 Å². The van der Waals surface area contributed by atoms with Crippen molar-refractivity contribution in [2.45, 2.75) is 58.9 Å². The van der Waals surface area contributed by atoms with Gasteiger partial charge in [0.25, 0.3) is 0 Å². The number of aromatic nitrogens is 2. The third kappa shape index (κ3) is 2.99. The summed E-state index contributed by atoms with van der Waals surface area (Å²) in [5.74, 6) is 2.19. The molecule has 1 aromatic heterocycles. The standard InChI is InChI=1S/C15H26N4/c1-4-8-13-14(16-6-3)17-11-18-15(13)19-10-7-9-12(19)5-2/h11-12H,4-10H2,1-3H3,(H,16,17,18). The lowest BCUT2D eigenvalue weighted by Crippen LogP contribution is -2.30. The van der Waals surface area contributed by atoms with Gasteiger partial charge in [-0.05, 0) is 32.6 Å². The van der Waals surface area contributed by atoms with Crippen LogP contribution in [0.3, 0.4) is 0 Å². The lowest BCUT2D eigenvalue weighted by Gasteiger charge is -2.27. The van der Waals surface area contributed by atoms with Gasteiger partial charge in [-0.25, -0.2) is 9.97 Å². The van der Waals surface area contributed by atoms with E-state index in [1.807, 2.05) is 0 Å². The Morgan fingerprint density at radius 3 is 2.84 bits per heavy atom. The molecule has 4 heteroatoms. The van der Waals surface area contributed by atoms with Crippen molar-refractivity contribution in [1.82, 2.24) is 9.97 Å². The second kappa shape index (κ2) is 6.73. The van der Waals surface area contributed by atoms with E-state index in [9.17, 15) is 0 Å². The van der Waals surface area contributed by atoms with E-state index in [2.05, 4.69) is 41.0 Å². The maximum absolute atomic E-state index is 4.60. The molecule has 0 spiro atoms. The van der Waals surface area contributed by atoms with Crippen LogP contribution in [0.1, 0.15) is 52.0 Å². The summed E-state index contributed by atoms with van der Waals surface area (Å²) in [6, 6.07) is 0.653. The van der Waals surface area contributed by atoms with Crippen LogP contribution in [0.2, 0.25) is 0 Å². The van der Waals surface area contributed by atoms with Gasteiger partial charge < -0.3 is 10.2 Å². The summed E-state index contributed by atoms with van der Waals surface area (Å²) in [7, 11) is 0. The molecule has 0 saturated carbocycles. The predicted molar refractivity (Wildman–Crippen MR) is 80.8 cm³/mol. The molecule has 1 N–H and O–H groups in total. The lowest BCUT2D eigenvalue weighted by atomic mass is 10.1. The first-order valence-electron chi connectivity index (χ1n) is 7.66. The fourth-order valence-electron chi connectivity index (χ4n) is 2.99. The van der Waals surface area contributed by atoms with E-state index < -0.39 is 0 Å². The number of anilines is 2. The van der Waals surface area contributed by atoms with Crippen LogP contribution < -0.4 is 10.2 Å². The topological polar surface area (TPSA) is 41.1 Å².